The summed E-state index contributed by atoms with van der Waals surface area (Å²) in [5, 5.41) is 8.58. The average molecular weight is 424 g/mol. The summed E-state index contributed by atoms with van der Waals surface area (Å²) in [5.41, 5.74) is 0. The smallest absolute Gasteiger partial charge is 0.303 e. The average Bonchev–Trinajstić information content (AvgIpc) is 2.95. The van der Waals surface area contributed by atoms with E-state index in [9.17, 15) is 4.79 Å². The number of rotatable bonds is 13. The minimum absolute atomic E-state index is 0.322. The van der Waals surface area contributed by atoms with Crippen LogP contribution in [0.4, 0.5) is 0 Å². The van der Waals surface area contributed by atoms with E-state index in [2.05, 4.69) is 29.5 Å². The second kappa shape index (κ2) is 12.6. The number of carboxylic acid groups (broad SMARTS) is 1. The maximum absolute atomic E-state index is 10.4. The molecule has 1 aliphatic heterocycles. The Bertz CT molecular complexity index is 296. The SMILES string of the molecule is CCCCCC(I)C1CCC(CCCCCCCC(=O)O)O1. The molecule has 0 amide bonds. The maximum atomic E-state index is 10.4. The summed E-state index contributed by atoms with van der Waals surface area (Å²) in [4.78, 5) is 10.4. The van der Waals surface area contributed by atoms with Gasteiger partial charge in [-0.15, -0.1) is 0 Å². The van der Waals surface area contributed by atoms with Crippen LogP contribution in [0.25, 0.3) is 0 Å². The normalized spacial score (nSPS) is 22.8. The van der Waals surface area contributed by atoms with Crippen molar-refractivity contribution in [2.75, 3.05) is 0 Å². The molecule has 0 radical (unpaired) electrons. The van der Waals surface area contributed by atoms with E-state index in [4.69, 9.17) is 9.84 Å². The summed E-state index contributed by atoms with van der Waals surface area (Å²) in [6, 6.07) is 0. The van der Waals surface area contributed by atoms with Crippen LogP contribution in [0.1, 0.15) is 90.4 Å². The first-order chi connectivity index (χ1) is 10.6. The molecule has 1 N–H and O–H groups in total. The van der Waals surface area contributed by atoms with E-state index in [1.54, 1.807) is 0 Å². The molecule has 1 aliphatic rings. The summed E-state index contributed by atoms with van der Waals surface area (Å²) < 4.78 is 6.91. The molecule has 1 saturated heterocycles. The predicted molar refractivity (Wildman–Crippen MR) is 99.8 cm³/mol. The van der Waals surface area contributed by atoms with Crippen molar-refractivity contribution in [1.82, 2.24) is 0 Å². The zero-order valence-electron chi connectivity index (χ0n) is 14.1. The van der Waals surface area contributed by atoms with Crippen LogP contribution in [0.5, 0.6) is 0 Å². The van der Waals surface area contributed by atoms with Gasteiger partial charge < -0.3 is 9.84 Å². The summed E-state index contributed by atoms with van der Waals surface area (Å²) in [5.74, 6) is -0.669. The third-order valence-electron chi connectivity index (χ3n) is 4.54. The van der Waals surface area contributed by atoms with Crippen LogP contribution in [-0.4, -0.2) is 27.2 Å². The highest BCUT2D eigenvalue weighted by atomic mass is 127. The van der Waals surface area contributed by atoms with Crippen molar-refractivity contribution < 1.29 is 14.6 Å². The van der Waals surface area contributed by atoms with Crippen molar-refractivity contribution in [2.24, 2.45) is 0 Å². The quantitative estimate of drug-likeness (QED) is 0.233. The van der Waals surface area contributed by atoms with Crippen molar-refractivity contribution in [3.8, 4) is 0 Å². The number of halogens is 1. The van der Waals surface area contributed by atoms with E-state index in [1.807, 2.05) is 0 Å². The minimum atomic E-state index is -0.669. The van der Waals surface area contributed by atoms with Gasteiger partial charge in [-0.3, -0.25) is 4.79 Å². The van der Waals surface area contributed by atoms with Crippen LogP contribution in [0.3, 0.4) is 0 Å². The number of carbonyl (C=O) groups is 1. The Labute approximate surface area is 149 Å². The fraction of sp³-hybridized carbons (Fsp3) is 0.944. The number of alkyl halides is 1. The molecular weight excluding hydrogens is 391 g/mol. The topological polar surface area (TPSA) is 46.5 Å². The maximum Gasteiger partial charge on any atom is 0.303 e. The lowest BCUT2D eigenvalue weighted by atomic mass is 10.0. The van der Waals surface area contributed by atoms with Crippen molar-refractivity contribution in [1.29, 1.82) is 0 Å². The fourth-order valence-electron chi connectivity index (χ4n) is 3.17. The van der Waals surface area contributed by atoms with Crippen LogP contribution in [-0.2, 0) is 9.53 Å². The molecular formula is C18H33IO3. The second-order valence-corrected chi connectivity index (χ2v) is 8.19. The first-order valence-electron chi connectivity index (χ1n) is 9.14. The van der Waals surface area contributed by atoms with Gasteiger partial charge in [-0.2, -0.15) is 0 Å². The largest absolute Gasteiger partial charge is 0.481 e. The van der Waals surface area contributed by atoms with Gasteiger partial charge in [-0.1, -0.05) is 74.5 Å². The molecule has 0 aromatic heterocycles. The molecule has 3 atom stereocenters. The van der Waals surface area contributed by atoms with Gasteiger partial charge in [-0.25, -0.2) is 0 Å². The number of ether oxygens (including phenoxy) is 1. The zero-order chi connectivity index (χ0) is 16.2. The monoisotopic (exact) mass is 424 g/mol. The molecule has 0 saturated carbocycles. The van der Waals surface area contributed by atoms with Crippen molar-refractivity contribution >= 4 is 28.6 Å². The minimum Gasteiger partial charge on any atom is -0.481 e. The lowest BCUT2D eigenvalue weighted by Gasteiger charge is -2.19. The van der Waals surface area contributed by atoms with Crippen molar-refractivity contribution in [3.05, 3.63) is 0 Å². The van der Waals surface area contributed by atoms with Gasteiger partial charge in [0, 0.05) is 10.3 Å². The molecule has 1 fully saturated rings. The standard InChI is InChI=1S/C18H33IO3/c1-2-3-7-11-16(19)17-14-13-15(22-17)10-8-5-4-6-9-12-18(20)21/h15-17H,2-14H2,1H3,(H,20,21). The Morgan fingerprint density at radius 2 is 1.86 bits per heavy atom. The fourth-order valence-corrected chi connectivity index (χ4v) is 4.14. The van der Waals surface area contributed by atoms with Gasteiger partial charge in [0.05, 0.1) is 12.2 Å². The summed E-state index contributed by atoms with van der Waals surface area (Å²) in [6.45, 7) is 2.26. The highest BCUT2D eigenvalue weighted by Gasteiger charge is 2.29. The molecule has 0 aromatic rings. The summed E-state index contributed by atoms with van der Waals surface area (Å²) >= 11 is 2.59. The molecule has 22 heavy (non-hydrogen) atoms. The summed E-state index contributed by atoms with van der Waals surface area (Å²) in [7, 11) is 0. The van der Waals surface area contributed by atoms with Gasteiger partial charge in [0.15, 0.2) is 0 Å². The van der Waals surface area contributed by atoms with Gasteiger partial charge in [0.2, 0.25) is 0 Å². The Hall–Kier alpha value is 0.160. The van der Waals surface area contributed by atoms with Crippen LogP contribution in [0.2, 0.25) is 0 Å². The van der Waals surface area contributed by atoms with E-state index < -0.39 is 5.97 Å². The number of hydrogen-bond acceptors (Lipinski definition) is 2. The molecule has 1 rings (SSSR count). The Balaban J connectivity index is 1.98. The molecule has 1 heterocycles. The Kier molecular flexibility index (Phi) is 11.5. The van der Waals surface area contributed by atoms with Gasteiger partial charge >= 0.3 is 5.97 Å². The lowest BCUT2D eigenvalue weighted by molar-refractivity contribution is -0.137. The first kappa shape index (κ1) is 20.2. The highest BCUT2D eigenvalue weighted by Crippen LogP contribution is 2.31. The Morgan fingerprint density at radius 1 is 1.14 bits per heavy atom. The van der Waals surface area contributed by atoms with Crippen LogP contribution in [0, 0.1) is 0 Å². The van der Waals surface area contributed by atoms with E-state index in [-0.39, 0.29) is 0 Å². The van der Waals surface area contributed by atoms with Crippen molar-refractivity contribution in [3.63, 3.8) is 0 Å². The molecule has 4 heteroatoms. The van der Waals surface area contributed by atoms with Gasteiger partial charge in [-0.05, 0) is 32.1 Å². The first-order valence-corrected chi connectivity index (χ1v) is 10.4. The van der Waals surface area contributed by atoms with Crippen LogP contribution in [0.15, 0.2) is 0 Å². The summed E-state index contributed by atoms with van der Waals surface area (Å²) in [6.07, 6.45) is 15.7. The number of carboxylic acids is 1. The predicted octanol–water partition coefficient (Wildman–Crippen LogP) is 5.73. The second-order valence-electron chi connectivity index (χ2n) is 6.59. The third kappa shape index (κ3) is 9.33. The van der Waals surface area contributed by atoms with Gasteiger partial charge in [0.25, 0.3) is 0 Å². The molecule has 3 nitrogen and oxygen atoms in total. The molecule has 130 valence electrons. The molecule has 0 spiro atoms. The number of unbranched alkanes of at least 4 members (excludes halogenated alkanes) is 6. The van der Waals surface area contributed by atoms with E-state index in [0.29, 0.717) is 22.6 Å². The molecule has 0 bridgehead atoms. The third-order valence-corrected chi connectivity index (χ3v) is 5.97. The lowest BCUT2D eigenvalue weighted by Crippen LogP contribution is -2.21. The van der Waals surface area contributed by atoms with Crippen LogP contribution < -0.4 is 0 Å². The molecule has 0 aliphatic carbocycles. The van der Waals surface area contributed by atoms with E-state index >= 15 is 0 Å². The highest BCUT2D eigenvalue weighted by molar-refractivity contribution is 14.1. The zero-order valence-corrected chi connectivity index (χ0v) is 16.2. The van der Waals surface area contributed by atoms with Crippen molar-refractivity contribution in [2.45, 2.75) is 107 Å². The number of aliphatic carboxylic acids is 1. The van der Waals surface area contributed by atoms with E-state index in [0.717, 1.165) is 19.3 Å². The molecule has 0 aromatic carbocycles. The molecule has 3 unspecified atom stereocenters. The van der Waals surface area contributed by atoms with Gasteiger partial charge in [0.1, 0.15) is 0 Å². The Morgan fingerprint density at radius 3 is 2.59 bits per heavy atom. The number of hydrogen-bond donors (Lipinski definition) is 1. The van der Waals surface area contributed by atoms with E-state index in [1.165, 1.54) is 57.8 Å². The van der Waals surface area contributed by atoms with Crippen LogP contribution >= 0.6 is 22.6 Å².